The summed E-state index contributed by atoms with van der Waals surface area (Å²) in [4.78, 5) is 12.2. The fraction of sp³-hybridized carbons (Fsp3) is 0.533. The second-order valence-corrected chi connectivity index (χ2v) is 5.50. The third-order valence-corrected chi connectivity index (χ3v) is 3.85. The van der Waals surface area contributed by atoms with Crippen LogP contribution in [0.15, 0.2) is 18.2 Å². The number of rotatable bonds is 2. The number of hydrogen-bond donors (Lipinski definition) is 2. The van der Waals surface area contributed by atoms with Crippen LogP contribution in [-0.4, -0.2) is 11.9 Å². The Kier molecular flexibility index (Phi) is 3.90. The summed E-state index contributed by atoms with van der Waals surface area (Å²) in [5.74, 6) is 0.837. The van der Waals surface area contributed by atoms with Gasteiger partial charge in [0.1, 0.15) is 0 Å². The number of anilines is 1. The Morgan fingerprint density at radius 3 is 2.56 bits per heavy atom. The highest BCUT2D eigenvalue weighted by Gasteiger charge is 2.20. The molecule has 1 aromatic carbocycles. The number of aryl methyl sites for hydroxylation is 1. The Bertz CT molecular complexity index is 434. The van der Waals surface area contributed by atoms with Crippen molar-refractivity contribution in [1.29, 1.82) is 0 Å². The third-order valence-electron chi connectivity index (χ3n) is 3.85. The molecule has 3 N–H and O–H groups in total. The van der Waals surface area contributed by atoms with Gasteiger partial charge in [-0.05, 0) is 62.3 Å². The minimum absolute atomic E-state index is 0.0343. The van der Waals surface area contributed by atoms with Crippen molar-refractivity contribution < 1.29 is 4.79 Å². The highest BCUT2D eigenvalue weighted by molar-refractivity contribution is 5.96. The van der Waals surface area contributed by atoms with E-state index in [1.165, 1.54) is 12.8 Å². The van der Waals surface area contributed by atoms with Gasteiger partial charge in [-0.1, -0.05) is 6.92 Å². The van der Waals surface area contributed by atoms with E-state index in [9.17, 15) is 4.79 Å². The van der Waals surface area contributed by atoms with Crippen LogP contribution < -0.4 is 11.1 Å². The van der Waals surface area contributed by atoms with Crippen LogP contribution in [-0.2, 0) is 0 Å². The maximum absolute atomic E-state index is 12.2. The number of amides is 1. The molecule has 18 heavy (non-hydrogen) atoms. The fourth-order valence-corrected chi connectivity index (χ4v) is 2.61. The lowest BCUT2D eigenvalue weighted by molar-refractivity contribution is 0.0922. The number of carbonyl (C=O) groups excluding carboxylic acids is 1. The summed E-state index contributed by atoms with van der Waals surface area (Å²) in [6.07, 6.45) is 4.62. The molecule has 0 saturated heterocycles. The van der Waals surface area contributed by atoms with Gasteiger partial charge in [0.25, 0.3) is 5.91 Å². The van der Waals surface area contributed by atoms with Gasteiger partial charge in [0, 0.05) is 17.3 Å². The average Bonchev–Trinajstić information content (AvgIpc) is 2.32. The normalized spacial score (nSPS) is 23.7. The lowest BCUT2D eigenvalue weighted by atomic mass is 9.87. The zero-order valence-electron chi connectivity index (χ0n) is 11.2. The summed E-state index contributed by atoms with van der Waals surface area (Å²) < 4.78 is 0. The van der Waals surface area contributed by atoms with Crippen molar-refractivity contribution in [2.45, 2.75) is 45.6 Å². The van der Waals surface area contributed by atoms with Crippen molar-refractivity contribution in [2.75, 3.05) is 5.73 Å². The van der Waals surface area contributed by atoms with E-state index in [4.69, 9.17) is 5.73 Å². The number of carbonyl (C=O) groups is 1. The van der Waals surface area contributed by atoms with E-state index in [0.717, 1.165) is 29.9 Å². The topological polar surface area (TPSA) is 55.1 Å². The SMILES string of the molecule is Cc1cc(N)ccc1C(=O)NC1CCC(C)CC1. The molecule has 0 spiro atoms. The van der Waals surface area contributed by atoms with Crippen molar-refractivity contribution in [2.24, 2.45) is 5.92 Å². The van der Waals surface area contributed by atoms with E-state index < -0.39 is 0 Å². The van der Waals surface area contributed by atoms with Gasteiger partial charge in [-0.25, -0.2) is 0 Å². The van der Waals surface area contributed by atoms with Gasteiger partial charge in [0.2, 0.25) is 0 Å². The van der Waals surface area contributed by atoms with Crippen molar-refractivity contribution >= 4 is 11.6 Å². The predicted molar refractivity (Wildman–Crippen MR) is 74.5 cm³/mol. The molecule has 1 aromatic rings. The number of nitrogens with one attached hydrogen (secondary N) is 1. The molecule has 1 saturated carbocycles. The van der Waals surface area contributed by atoms with Crippen LogP contribution in [0, 0.1) is 12.8 Å². The Morgan fingerprint density at radius 1 is 1.28 bits per heavy atom. The van der Waals surface area contributed by atoms with E-state index in [-0.39, 0.29) is 5.91 Å². The van der Waals surface area contributed by atoms with E-state index in [1.807, 2.05) is 19.1 Å². The minimum atomic E-state index is 0.0343. The Balaban J connectivity index is 1.99. The molecule has 0 aromatic heterocycles. The molecule has 0 heterocycles. The first-order valence-corrected chi connectivity index (χ1v) is 6.73. The quantitative estimate of drug-likeness (QED) is 0.788. The van der Waals surface area contributed by atoms with Gasteiger partial charge in [-0.15, -0.1) is 0 Å². The van der Waals surface area contributed by atoms with Gasteiger partial charge >= 0.3 is 0 Å². The molecule has 1 fully saturated rings. The summed E-state index contributed by atoms with van der Waals surface area (Å²) in [5.41, 5.74) is 8.08. The summed E-state index contributed by atoms with van der Waals surface area (Å²) in [7, 11) is 0. The van der Waals surface area contributed by atoms with Crippen LogP contribution in [0.25, 0.3) is 0 Å². The highest BCUT2D eigenvalue weighted by atomic mass is 16.1. The zero-order valence-corrected chi connectivity index (χ0v) is 11.2. The molecule has 2 rings (SSSR count). The van der Waals surface area contributed by atoms with Crippen molar-refractivity contribution in [1.82, 2.24) is 5.32 Å². The van der Waals surface area contributed by atoms with Crippen molar-refractivity contribution in [3.8, 4) is 0 Å². The second-order valence-electron chi connectivity index (χ2n) is 5.50. The third kappa shape index (κ3) is 3.03. The van der Waals surface area contributed by atoms with Gasteiger partial charge in [-0.3, -0.25) is 4.79 Å². The number of benzene rings is 1. The highest BCUT2D eigenvalue weighted by Crippen LogP contribution is 2.24. The van der Waals surface area contributed by atoms with Crippen LogP contribution in [0.1, 0.15) is 48.5 Å². The van der Waals surface area contributed by atoms with Crippen molar-refractivity contribution in [3.05, 3.63) is 29.3 Å². The Labute approximate surface area is 109 Å². The molecule has 3 heteroatoms. The molecule has 0 radical (unpaired) electrons. The van der Waals surface area contributed by atoms with E-state index in [2.05, 4.69) is 12.2 Å². The van der Waals surface area contributed by atoms with Crippen molar-refractivity contribution in [3.63, 3.8) is 0 Å². The first-order valence-electron chi connectivity index (χ1n) is 6.73. The first-order chi connectivity index (χ1) is 8.56. The number of hydrogen-bond acceptors (Lipinski definition) is 2. The Hall–Kier alpha value is -1.51. The standard InChI is InChI=1S/C15H22N2O/c1-10-3-6-13(7-4-10)17-15(18)14-8-5-12(16)9-11(14)2/h5,8-10,13H,3-4,6-7,16H2,1-2H3,(H,17,18). The molecule has 1 amide bonds. The molecule has 98 valence electrons. The number of nitrogen functional groups attached to an aromatic ring is 1. The van der Waals surface area contributed by atoms with Crippen LogP contribution in [0.2, 0.25) is 0 Å². The second kappa shape index (κ2) is 5.42. The molecule has 3 nitrogen and oxygen atoms in total. The molecule has 0 bridgehead atoms. The molecular weight excluding hydrogens is 224 g/mol. The van der Waals surface area contributed by atoms with Crippen LogP contribution >= 0.6 is 0 Å². The summed E-state index contributed by atoms with van der Waals surface area (Å²) in [6.45, 7) is 4.20. The maximum Gasteiger partial charge on any atom is 0.251 e. The molecule has 1 aliphatic carbocycles. The summed E-state index contributed by atoms with van der Waals surface area (Å²) >= 11 is 0. The largest absolute Gasteiger partial charge is 0.399 e. The van der Waals surface area contributed by atoms with Crippen LogP contribution in [0.3, 0.4) is 0 Å². The number of nitrogens with two attached hydrogens (primary N) is 1. The molecule has 1 aliphatic rings. The molecule has 0 unspecified atom stereocenters. The molecule has 0 atom stereocenters. The van der Waals surface area contributed by atoms with E-state index in [1.54, 1.807) is 6.07 Å². The summed E-state index contributed by atoms with van der Waals surface area (Å²) in [5, 5.41) is 3.14. The fourth-order valence-electron chi connectivity index (χ4n) is 2.61. The van der Waals surface area contributed by atoms with Crippen LogP contribution in [0.5, 0.6) is 0 Å². The lowest BCUT2D eigenvalue weighted by Gasteiger charge is -2.27. The monoisotopic (exact) mass is 246 g/mol. The lowest BCUT2D eigenvalue weighted by Crippen LogP contribution is -2.37. The average molecular weight is 246 g/mol. The van der Waals surface area contributed by atoms with Crippen LogP contribution in [0.4, 0.5) is 5.69 Å². The van der Waals surface area contributed by atoms with Gasteiger partial charge < -0.3 is 11.1 Å². The molecule has 0 aliphatic heterocycles. The predicted octanol–water partition coefficient (Wildman–Crippen LogP) is 2.89. The molecular formula is C15H22N2O. The van der Waals surface area contributed by atoms with E-state index >= 15 is 0 Å². The first kappa shape index (κ1) is 12.9. The Morgan fingerprint density at radius 2 is 1.94 bits per heavy atom. The van der Waals surface area contributed by atoms with Gasteiger partial charge in [0.15, 0.2) is 0 Å². The zero-order chi connectivity index (χ0) is 13.1. The van der Waals surface area contributed by atoms with Gasteiger partial charge in [0.05, 0.1) is 0 Å². The van der Waals surface area contributed by atoms with E-state index in [0.29, 0.717) is 11.7 Å². The minimum Gasteiger partial charge on any atom is -0.399 e. The summed E-state index contributed by atoms with van der Waals surface area (Å²) in [6, 6.07) is 5.78. The smallest absolute Gasteiger partial charge is 0.251 e. The van der Waals surface area contributed by atoms with Gasteiger partial charge in [-0.2, -0.15) is 0 Å². The maximum atomic E-state index is 12.2.